The monoisotopic (exact) mass is 534 g/mol. The normalized spacial score (nSPS) is 10.2. The minimum Gasteiger partial charge on any atom is -0.308 e. The van der Waals surface area contributed by atoms with Gasteiger partial charge < -0.3 is 10.6 Å². The van der Waals surface area contributed by atoms with Crippen molar-refractivity contribution >= 4 is 71.9 Å². The number of nitrogens with one attached hydrogen (secondary N) is 4. The summed E-state index contributed by atoms with van der Waals surface area (Å²) in [5.74, 6) is 0.833. The summed E-state index contributed by atoms with van der Waals surface area (Å²) in [4.78, 5) is 22.2. The number of hydrogen-bond acceptors (Lipinski definition) is 6. The third-order valence-corrected chi connectivity index (χ3v) is 5.37. The Morgan fingerprint density at radius 1 is 0.706 bits per heavy atom. The van der Waals surface area contributed by atoms with Gasteiger partial charge in [-0.25, -0.2) is 0 Å². The van der Waals surface area contributed by atoms with E-state index >= 15 is 0 Å². The van der Waals surface area contributed by atoms with E-state index in [0.717, 1.165) is 22.5 Å². The second-order valence-corrected chi connectivity index (χ2v) is 8.27. The van der Waals surface area contributed by atoms with Crippen LogP contribution in [0.25, 0.3) is 22.5 Å². The number of carbonyl (C=O) groups excluding carboxylic acids is 2. The van der Waals surface area contributed by atoms with E-state index in [0.29, 0.717) is 21.7 Å². The smallest absolute Gasteiger partial charge is 0.235 e. The van der Waals surface area contributed by atoms with Crippen molar-refractivity contribution in [2.75, 3.05) is 22.1 Å². The number of H-pyrrole nitrogens is 2. The van der Waals surface area contributed by atoms with Gasteiger partial charge in [-0.3, -0.25) is 19.8 Å². The zero-order valence-electron chi connectivity index (χ0n) is 17.5. The van der Waals surface area contributed by atoms with Gasteiger partial charge in [-0.1, -0.05) is 47.5 Å². The van der Waals surface area contributed by atoms with Crippen molar-refractivity contribution < 1.29 is 9.59 Å². The first-order chi connectivity index (χ1) is 16.4. The van der Waals surface area contributed by atoms with Crippen LogP contribution in [-0.4, -0.2) is 43.7 Å². The van der Waals surface area contributed by atoms with Crippen LogP contribution in [0.2, 0.25) is 10.0 Å². The Kier molecular flexibility index (Phi) is 9.46. The maximum absolute atomic E-state index is 11.1. The number of anilines is 2. The minimum atomic E-state index is -0.192. The second kappa shape index (κ2) is 12.5. The molecule has 0 atom stereocenters. The quantitative estimate of drug-likeness (QED) is 0.191. The molecule has 8 nitrogen and oxygen atoms in total. The number of hydrogen-bond donors (Lipinski definition) is 6. The average molecular weight is 535 g/mol. The molecule has 0 saturated heterocycles. The van der Waals surface area contributed by atoms with Crippen molar-refractivity contribution in [3.05, 3.63) is 70.7 Å². The zero-order valence-corrected chi connectivity index (χ0v) is 20.8. The number of aromatic nitrogens is 4. The molecule has 0 unspecified atom stereocenters. The molecule has 12 heteroatoms. The molecular formula is C22H20Cl2N6O2S2. The fourth-order valence-electron chi connectivity index (χ4n) is 2.69. The molecule has 34 heavy (non-hydrogen) atoms. The summed E-state index contributed by atoms with van der Waals surface area (Å²) < 4.78 is 0. The van der Waals surface area contributed by atoms with Crippen LogP contribution < -0.4 is 10.6 Å². The topological polar surface area (TPSA) is 116 Å². The van der Waals surface area contributed by atoms with Gasteiger partial charge in [0.15, 0.2) is 11.6 Å². The van der Waals surface area contributed by atoms with E-state index in [1.807, 2.05) is 24.3 Å². The van der Waals surface area contributed by atoms with Crippen molar-refractivity contribution in [3.63, 3.8) is 0 Å². The van der Waals surface area contributed by atoms with Gasteiger partial charge in [0.2, 0.25) is 11.8 Å². The number of nitrogens with zero attached hydrogens (tertiary/aromatic N) is 2. The standard InChI is InChI=1S/2C11H10ClN3OS/c2*12-8-3-1-7(2-4-8)9-5-10(15-14-9)13-11(16)6-17/h2*1-5,17H,6H2,(H2,13,14,15,16). The summed E-state index contributed by atoms with van der Waals surface area (Å²) in [6, 6.07) is 18.2. The van der Waals surface area contributed by atoms with Crippen molar-refractivity contribution in [1.82, 2.24) is 20.4 Å². The Morgan fingerprint density at radius 3 is 1.38 bits per heavy atom. The Balaban J connectivity index is 0.000000191. The third kappa shape index (κ3) is 7.56. The molecule has 0 spiro atoms. The minimum absolute atomic E-state index is 0.128. The zero-order chi connectivity index (χ0) is 24.5. The molecule has 0 saturated carbocycles. The average Bonchev–Trinajstić information content (AvgIpc) is 3.50. The van der Waals surface area contributed by atoms with Crippen LogP contribution in [0.4, 0.5) is 11.6 Å². The molecule has 4 aromatic rings. The summed E-state index contributed by atoms with van der Waals surface area (Å²) in [5, 5.41) is 20.2. The second-order valence-electron chi connectivity index (χ2n) is 6.76. The largest absolute Gasteiger partial charge is 0.308 e. The van der Waals surface area contributed by atoms with Crippen LogP contribution in [0, 0.1) is 0 Å². The predicted octanol–water partition coefficient (Wildman–Crippen LogP) is 5.20. The number of aromatic amines is 2. The first-order valence-corrected chi connectivity index (χ1v) is 11.8. The molecule has 0 bridgehead atoms. The molecule has 0 aliphatic carbocycles. The van der Waals surface area contributed by atoms with Crippen molar-refractivity contribution in [2.24, 2.45) is 0 Å². The molecule has 0 fully saturated rings. The lowest BCUT2D eigenvalue weighted by molar-refractivity contribution is -0.114. The number of amides is 2. The van der Waals surface area contributed by atoms with Gasteiger partial charge >= 0.3 is 0 Å². The molecule has 4 N–H and O–H groups in total. The molecule has 0 radical (unpaired) electrons. The first kappa shape index (κ1) is 25.7. The van der Waals surface area contributed by atoms with Gasteiger partial charge in [0.1, 0.15) is 0 Å². The van der Waals surface area contributed by atoms with Crippen LogP contribution >= 0.6 is 48.5 Å². The highest BCUT2D eigenvalue weighted by Crippen LogP contribution is 2.22. The van der Waals surface area contributed by atoms with Crippen LogP contribution in [0.5, 0.6) is 0 Å². The van der Waals surface area contributed by atoms with Gasteiger partial charge in [-0.15, -0.1) is 0 Å². The van der Waals surface area contributed by atoms with E-state index in [1.54, 1.807) is 36.4 Å². The maximum atomic E-state index is 11.1. The van der Waals surface area contributed by atoms with Crippen molar-refractivity contribution in [3.8, 4) is 22.5 Å². The number of carbonyl (C=O) groups is 2. The Morgan fingerprint density at radius 2 is 1.06 bits per heavy atom. The van der Waals surface area contributed by atoms with Gasteiger partial charge in [0, 0.05) is 22.2 Å². The number of halogens is 2. The Bertz CT molecular complexity index is 1150. The highest BCUT2D eigenvalue weighted by atomic mass is 35.5. The lowest BCUT2D eigenvalue weighted by Gasteiger charge is -1.97. The van der Waals surface area contributed by atoms with Crippen LogP contribution in [-0.2, 0) is 9.59 Å². The molecule has 2 amide bonds. The Labute approximate surface area is 216 Å². The fourth-order valence-corrected chi connectivity index (χ4v) is 3.10. The van der Waals surface area contributed by atoms with E-state index in [9.17, 15) is 9.59 Å². The summed E-state index contributed by atoms with van der Waals surface area (Å²) in [5.41, 5.74) is 3.54. The number of benzene rings is 2. The van der Waals surface area contributed by atoms with Gasteiger partial charge in [0.25, 0.3) is 0 Å². The summed E-state index contributed by atoms with van der Waals surface area (Å²) in [7, 11) is 0. The number of rotatable bonds is 6. The third-order valence-electron chi connectivity index (χ3n) is 4.29. The molecule has 4 rings (SSSR count). The van der Waals surface area contributed by atoms with Gasteiger partial charge in [-0.05, 0) is 35.4 Å². The molecular weight excluding hydrogens is 515 g/mol. The Hall–Kier alpha value is -2.92. The predicted molar refractivity (Wildman–Crippen MR) is 143 cm³/mol. The highest BCUT2D eigenvalue weighted by molar-refractivity contribution is 7.81. The molecule has 0 aliphatic rings. The van der Waals surface area contributed by atoms with Crippen molar-refractivity contribution in [2.45, 2.75) is 0 Å². The summed E-state index contributed by atoms with van der Waals surface area (Å²) in [6.07, 6.45) is 0. The molecule has 2 heterocycles. The highest BCUT2D eigenvalue weighted by Gasteiger charge is 2.07. The fraction of sp³-hybridized carbons (Fsp3) is 0.0909. The maximum Gasteiger partial charge on any atom is 0.235 e. The summed E-state index contributed by atoms with van der Waals surface area (Å²) in [6.45, 7) is 0. The van der Waals surface area contributed by atoms with E-state index in [2.05, 4.69) is 56.3 Å². The molecule has 0 aliphatic heterocycles. The van der Waals surface area contributed by atoms with E-state index in [-0.39, 0.29) is 23.3 Å². The molecule has 176 valence electrons. The lowest BCUT2D eigenvalue weighted by atomic mass is 10.1. The first-order valence-electron chi connectivity index (χ1n) is 9.82. The lowest BCUT2D eigenvalue weighted by Crippen LogP contribution is -2.12. The molecule has 2 aromatic heterocycles. The van der Waals surface area contributed by atoms with E-state index in [4.69, 9.17) is 23.2 Å². The van der Waals surface area contributed by atoms with Crippen molar-refractivity contribution in [1.29, 1.82) is 0 Å². The van der Waals surface area contributed by atoms with Gasteiger partial charge in [-0.2, -0.15) is 35.5 Å². The van der Waals surface area contributed by atoms with E-state index < -0.39 is 0 Å². The van der Waals surface area contributed by atoms with Crippen LogP contribution in [0.1, 0.15) is 0 Å². The van der Waals surface area contributed by atoms with Gasteiger partial charge in [0.05, 0.1) is 22.9 Å². The van der Waals surface area contributed by atoms with E-state index in [1.165, 1.54) is 0 Å². The molecule has 2 aromatic carbocycles. The SMILES string of the molecule is O=C(CS)Nc1cc(-c2ccc(Cl)cc2)[nH]n1.O=C(CS)Nc1cc(-c2ccc(Cl)cc2)[nH]n1. The van der Waals surface area contributed by atoms with Crippen LogP contribution in [0.15, 0.2) is 60.7 Å². The summed E-state index contributed by atoms with van der Waals surface area (Å²) >= 11 is 19.3. The number of thiol groups is 2. The van der Waals surface area contributed by atoms with Crippen LogP contribution in [0.3, 0.4) is 0 Å².